The summed E-state index contributed by atoms with van der Waals surface area (Å²) in [5.74, 6) is 0.334. The third-order valence-electron chi connectivity index (χ3n) is 4.79. The van der Waals surface area contributed by atoms with Crippen molar-refractivity contribution in [1.29, 1.82) is 0 Å². The number of anilines is 2. The first-order valence-electron chi connectivity index (χ1n) is 8.97. The van der Waals surface area contributed by atoms with Crippen molar-refractivity contribution in [1.82, 2.24) is 14.9 Å². The fourth-order valence-electron chi connectivity index (χ4n) is 3.25. The highest BCUT2D eigenvalue weighted by molar-refractivity contribution is 7.91. The molecular weight excluding hydrogens is 364 g/mol. The van der Waals surface area contributed by atoms with Gasteiger partial charge in [-0.1, -0.05) is 12.1 Å². The maximum atomic E-state index is 12.8. The Hall–Kier alpha value is -2.48. The molecule has 1 atom stereocenters. The lowest BCUT2D eigenvalue weighted by Crippen LogP contribution is -2.41. The second-order valence-corrected chi connectivity index (χ2v) is 9.12. The molecule has 1 N–H and O–H groups in total. The third-order valence-corrected chi connectivity index (χ3v) is 6.54. The van der Waals surface area contributed by atoms with Crippen molar-refractivity contribution in [3.05, 3.63) is 47.3 Å². The summed E-state index contributed by atoms with van der Waals surface area (Å²) in [4.78, 5) is 22.9. The first kappa shape index (κ1) is 19.3. The van der Waals surface area contributed by atoms with Gasteiger partial charge >= 0.3 is 0 Å². The highest BCUT2D eigenvalue weighted by Gasteiger charge is 2.34. The molecule has 2 aromatic rings. The van der Waals surface area contributed by atoms with Crippen LogP contribution in [0.25, 0.3) is 0 Å². The lowest BCUT2D eigenvalue weighted by molar-refractivity contribution is 0.0707. The molecule has 1 saturated heterocycles. The Morgan fingerprint density at radius 2 is 1.96 bits per heavy atom. The predicted octanol–water partition coefficient (Wildman–Crippen LogP) is 2.49. The Morgan fingerprint density at radius 1 is 1.26 bits per heavy atom. The Kier molecular flexibility index (Phi) is 5.46. The lowest BCUT2D eigenvalue weighted by Gasteiger charge is -2.26. The van der Waals surface area contributed by atoms with Crippen LogP contribution in [0, 0.1) is 13.8 Å². The quantitative estimate of drug-likeness (QED) is 0.846. The smallest absolute Gasteiger partial charge is 0.257 e. The van der Waals surface area contributed by atoms with E-state index in [1.807, 2.05) is 39.0 Å². The molecule has 1 aromatic carbocycles. The molecule has 8 heteroatoms. The lowest BCUT2D eigenvalue weighted by atomic mass is 10.1. The Labute approximate surface area is 159 Å². The molecule has 0 saturated carbocycles. The molecule has 0 spiro atoms. The van der Waals surface area contributed by atoms with E-state index in [2.05, 4.69) is 15.3 Å². The van der Waals surface area contributed by atoms with Crippen LogP contribution < -0.4 is 5.32 Å². The van der Waals surface area contributed by atoms with Crippen LogP contribution in [0.4, 0.5) is 11.6 Å². The van der Waals surface area contributed by atoms with Crippen LogP contribution in [-0.4, -0.2) is 53.3 Å². The topological polar surface area (TPSA) is 92.3 Å². The Bertz CT molecular complexity index is 942. The van der Waals surface area contributed by atoms with Crippen LogP contribution in [0.2, 0.25) is 0 Å². The molecule has 2 heterocycles. The van der Waals surface area contributed by atoms with E-state index in [-0.39, 0.29) is 23.5 Å². The van der Waals surface area contributed by atoms with Gasteiger partial charge in [0, 0.05) is 30.7 Å². The molecule has 1 amide bonds. The molecular formula is C19H24N4O3S. The molecule has 1 aliphatic heterocycles. The van der Waals surface area contributed by atoms with Gasteiger partial charge in [-0.2, -0.15) is 0 Å². The largest absolute Gasteiger partial charge is 0.335 e. The molecule has 144 valence electrons. The number of benzene rings is 1. The van der Waals surface area contributed by atoms with E-state index in [0.717, 1.165) is 16.8 Å². The van der Waals surface area contributed by atoms with Crippen LogP contribution in [-0.2, 0) is 9.84 Å². The summed E-state index contributed by atoms with van der Waals surface area (Å²) < 4.78 is 23.4. The van der Waals surface area contributed by atoms with E-state index in [1.165, 1.54) is 12.4 Å². The molecule has 1 fully saturated rings. The van der Waals surface area contributed by atoms with Crippen LogP contribution in [0.3, 0.4) is 0 Å². The minimum atomic E-state index is -3.05. The first-order chi connectivity index (χ1) is 12.8. The highest BCUT2D eigenvalue weighted by atomic mass is 32.2. The number of nitrogens with zero attached hydrogens (tertiary/aromatic N) is 3. The molecule has 3 rings (SSSR count). The van der Waals surface area contributed by atoms with Gasteiger partial charge < -0.3 is 10.2 Å². The molecule has 1 unspecified atom stereocenters. The number of sulfone groups is 1. The second-order valence-electron chi connectivity index (χ2n) is 6.89. The number of aryl methyl sites for hydroxylation is 2. The van der Waals surface area contributed by atoms with Crippen molar-refractivity contribution in [3.63, 3.8) is 0 Å². The Morgan fingerprint density at radius 3 is 2.56 bits per heavy atom. The number of hydrogen-bond acceptors (Lipinski definition) is 6. The fourth-order valence-corrected chi connectivity index (χ4v) is 4.98. The van der Waals surface area contributed by atoms with E-state index in [0.29, 0.717) is 24.5 Å². The summed E-state index contributed by atoms with van der Waals surface area (Å²) in [6, 6.07) is 5.79. The van der Waals surface area contributed by atoms with Gasteiger partial charge in [0.2, 0.25) is 5.95 Å². The number of aromatic nitrogens is 2. The molecule has 0 radical (unpaired) electrons. The van der Waals surface area contributed by atoms with Gasteiger partial charge in [-0.3, -0.25) is 4.79 Å². The van der Waals surface area contributed by atoms with Crippen LogP contribution in [0.15, 0.2) is 30.6 Å². The maximum Gasteiger partial charge on any atom is 0.257 e. The summed E-state index contributed by atoms with van der Waals surface area (Å²) >= 11 is 0. The molecule has 0 bridgehead atoms. The first-order valence-corrected chi connectivity index (χ1v) is 10.8. The van der Waals surface area contributed by atoms with E-state index >= 15 is 0 Å². The van der Waals surface area contributed by atoms with E-state index in [4.69, 9.17) is 0 Å². The minimum Gasteiger partial charge on any atom is -0.335 e. The zero-order chi connectivity index (χ0) is 19.6. The van der Waals surface area contributed by atoms with Gasteiger partial charge in [0.05, 0.1) is 17.1 Å². The van der Waals surface area contributed by atoms with Crippen molar-refractivity contribution in [2.75, 3.05) is 23.4 Å². The normalized spacial score (nSPS) is 18.3. The molecule has 1 aromatic heterocycles. The van der Waals surface area contributed by atoms with Gasteiger partial charge in [0.15, 0.2) is 9.84 Å². The summed E-state index contributed by atoms with van der Waals surface area (Å²) in [5, 5.41) is 3.16. The summed E-state index contributed by atoms with van der Waals surface area (Å²) in [5.41, 5.74) is 3.47. The summed E-state index contributed by atoms with van der Waals surface area (Å²) in [6.07, 6.45) is 3.44. The van der Waals surface area contributed by atoms with Crippen molar-refractivity contribution >= 4 is 27.4 Å². The number of rotatable bonds is 5. The van der Waals surface area contributed by atoms with Crippen molar-refractivity contribution in [2.24, 2.45) is 0 Å². The second kappa shape index (κ2) is 7.64. The standard InChI is InChI=1S/C19H24N4O3S/c1-4-23(16-7-8-27(25,26)12-16)18(24)15-10-20-19(21-11-15)22-17-9-13(2)5-6-14(17)3/h5-6,9-11,16H,4,7-8,12H2,1-3H3,(H,20,21,22). The van der Waals surface area contributed by atoms with Gasteiger partial charge in [0.25, 0.3) is 5.91 Å². The third kappa shape index (κ3) is 4.44. The van der Waals surface area contributed by atoms with Gasteiger partial charge in [-0.25, -0.2) is 18.4 Å². The number of hydrogen-bond donors (Lipinski definition) is 1. The monoisotopic (exact) mass is 388 g/mol. The highest BCUT2D eigenvalue weighted by Crippen LogP contribution is 2.21. The van der Waals surface area contributed by atoms with Crippen molar-refractivity contribution in [3.8, 4) is 0 Å². The SMILES string of the molecule is CCN(C(=O)c1cnc(Nc2cc(C)ccc2C)nc1)C1CCS(=O)(=O)C1. The van der Waals surface area contributed by atoms with Crippen LogP contribution in [0.1, 0.15) is 34.8 Å². The predicted molar refractivity (Wildman–Crippen MR) is 105 cm³/mol. The summed E-state index contributed by atoms with van der Waals surface area (Å²) in [7, 11) is -3.05. The number of amides is 1. The minimum absolute atomic E-state index is 0.0275. The number of carbonyl (C=O) groups is 1. The molecule has 1 aliphatic rings. The number of nitrogens with one attached hydrogen (secondary N) is 1. The molecule has 27 heavy (non-hydrogen) atoms. The average molecular weight is 388 g/mol. The van der Waals surface area contributed by atoms with Crippen LogP contribution >= 0.6 is 0 Å². The zero-order valence-corrected chi connectivity index (χ0v) is 16.6. The van der Waals surface area contributed by atoms with E-state index in [9.17, 15) is 13.2 Å². The molecule has 0 aliphatic carbocycles. The molecule has 7 nitrogen and oxygen atoms in total. The van der Waals surface area contributed by atoms with Crippen LogP contribution in [0.5, 0.6) is 0 Å². The zero-order valence-electron chi connectivity index (χ0n) is 15.8. The van der Waals surface area contributed by atoms with Crippen molar-refractivity contribution < 1.29 is 13.2 Å². The van der Waals surface area contributed by atoms with Gasteiger partial charge in [0.1, 0.15) is 0 Å². The Balaban J connectivity index is 1.74. The van der Waals surface area contributed by atoms with Gasteiger partial charge in [-0.05, 0) is 44.4 Å². The van der Waals surface area contributed by atoms with E-state index < -0.39 is 9.84 Å². The van der Waals surface area contributed by atoms with Gasteiger partial charge in [-0.15, -0.1) is 0 Å². The average Bonchev–Trinajstić information content (AvgIpc) is 2.99. The van der Waals surface area contributed by atoms with E-state index in [1.54, 1.807) is 4.90 Å². The van der Waals surface area contributed by atoms with Crippen molar-refractivity contribution in [2.45, 2.75) is 33.2 Å². The fraction of sp³-hybridized carbons (Fsp3) is 0.421. The maximum absolute atomic E-state index is 12.8. The number of carbonyl (C=O) groups excluding carboxylic acids is 1. The summed E-state index contributed by atoms with van der Waals surface area (Å²) in [6.45, 7) is 6.30.